The monoisotopic (exact) mass is 179 g/mol. The molecule has 13 heavy (non-hydrogen) atoms. The molecule has 1 aliphatic rings. The van der Waals surface area contributed by atoms with Gasteiger partial charge in [0.1, 0.15) is 0 Å². The molecule has 1 amide bonds. The SMILES string of the molecule is CCC(=O)N1Cc2cnn(C)c2C1. The van der Waals surface area contributed by atoms with Crippen LogP contribution in [0.5, 0.6) is 0 Å². The zero-order chi connectivity index (χ0) is 9.42. The average Bonchev–Trinajstić information content (AvgIpc) is 2.67. The highest BCUT2D eigenvalue weighted by Crippen LogP contribution is 2.21. The molecule has 4 nitrogen and oxygen atoms in total. The highest BCUT2D eigenvalue weighted by atomic mass is 16.2. The molecule has 0 N–H and O–H groups in total. The average molecular weight is 179 g/mol. The molecule has 0 saturated carbocycles. The molecular formula is C9H13N3O. The molecule has 70 valence electrons. The van der Waals surface area contributed by atoms with Crippen LogP contribution in [0.25, 0.3) is 0 Å². The summed E-state index contributed by atoms with van der Waals surface area (Å²) in [4.78, 5) is 13.3. The fourth-order valence-electron chi connectivity index (χ4n) is 1.69. The van der Waals surface area contributed by atoms with Crippen LogP contribution in [0.4, 0.5) is 0 Å². The number of amides is 1. The van der Waals surface area contributed by atoms with Gasteiger partial charge < -0.3 is 4.90 Å². The van der Waals surface area contributed by atoms with Crippen LogP contribution in [-0.4, -0.2) is 20.6 Å². The van der Waals surface area contributed by atoms with Crippen LogP contribution in [0.15, 0.2) is 6.20 Å². The van der Waals surface area contributed by atoms with Crippen LogP contribution >= 0.6 is 0 Å². The van der Waals surface area contributed by atoms with Crippen molar-refractivity contribution in [2.45, 2.75) is 26.4 Å². The molecule has 0 fully saturated rings. The fourth-order valence-corrected chi connectivity index (χ4v) is 1.69. The zero-order valence-corrected chi connectivity index (χ0v) is 7.95. The Morgan fingerprint density at radius 2 is 2.38 bits per heavy atom. The molecule has 2 rings (SSSR count). The number of fused-ring (bicyclic) bond motifs is 1. The summed E-state index contributed by atoms with van der Waals surface area (Å²) >= 11 is 0. The number of hydrogen-bond donors (Lipinski definition) is 0. The molecule has 4 heteroatoms. The second-order valence-electron chi connectivity index (χ2n) is 3.34. The number of hydrogen-bond acceptors (Lipinski definition) is 2. The summed E-state index contributed by atoms with van der Waals surface area (Å²) in [5, 5.41) is 4.14. The van der Waals surface area contributed by atoms with E-state index in [1.165, 1.54) is 11.3 Å². The number of aryl methyl sites for hydroxylation is 1. The Morgan fingerprint density at radius 1 is 1.62 bits per heavy atom. The van der Waals surface area contributed by atoms with Crippen LogP contribution in [0.1, 0.15) is 24.6 Å². The molecule has 0 saturated heterocycles. The number of rotatable bonds is 1. The third-order valence-corrected chi connectivity index (χ3v) is 2.51. The minimum atomic E-state index is 0.219. The number of nitrogens with zero attached hydrogens (tertiary/aromatic N) is 3. The van der Waals surface area contributed by atoms with Crippen molar-refractivity contribution in [3.63, 3.8) is 0 Å². The molecule has 1 aromatic rings. The summed E-state index contributed by atoms with van der Waals surface area (Å²) in [5.74, 6) is 0.219. The summed E-state index contributed by atoms with van der Waals surface area (Å²) in [6.45, 7) is 3.35. The van der Waals surface area contributed by atoms with E-state index in [4.69, 9.17) is 0 Å². The molecule has 2 heterocycles. The quantitative estimate of drug-likeness (QED) is 0.635. The summed E-state index contributed by atoms with van der Waals surface area (Å²) < 4.78 is 1.85. The number of carbonyl (C=O) groups is 1. The second-order valence-corrected chi connectivity index (χ2v) is 3.34. The van der Waals surface area contributed by atoms with Crippen molar-refractivity contribution in [1.82, 2.24) is 14.7 Å². The van der Waals surface area contributed by atoms with Gasteiger partial charge in [0.15, 0.2) is 0 Å². The van der Waals surface area contributed by atoms with Crippen molar-refractivity contribution < 1.29 is 4.79 Å². The van der Waals surface area contributed by atoms with Crippen molar-refractivity contribution in [1.29, 1.82) is 0 Å². The van der Waals surface area contributed by atoms with E-state index in [0.29, 0.717) is 6.42 Å². The van der Waals surface area contributed by atoms with Crippen molar-refractivity contribution in [2.24, 2.45) is 7.05 Å². The summed E-state index contributed by atoms with van der Waals surface area (Å²) in [6, 6.07) is 0. The molecule has 0 aromatic carbocycles. The predicted octanol–water partition coefficient (Wildman–Crippen LogP) is 0.672. The molecular weight excluding hydrogens is 166 g/mol. The molecule has 1 aliphatic heterocycles. The van der Waals surface area contributed by atoms with Gasteiger partial charge >= 0.3 is 0 Å². The van der Waals surface area contributed by atoms with Gasteiger partial charge in [-0.3, -0.25) is 9.48 Å². The van der Waals surface area contributed by atoms with E-state index < -0.39 is 0 Å². The van der Waals surface area contributed by atoms with Crippen molar-refractivity contribution in [2.75, 3.05) is 0 Å². The van der Waals surface area contributed by atoms with E-state index in [9.17, 15) is 4.79 Å². The van der Waals surface area contributed by atoms with Crippen molar-refractivity contribution >= 4 is 5.91 Å². The van der Waals surface area contributed by atoms with Crippen molar-refractivity contribution in [3.8, 4) is 0 Å². The molecule has 0 bridgehead atoms. The number of carbonyl (C=O) groups excluding carboxylic acids is 1. The van der Waals surface area contributed by atoms with Gasteiger partial charge in [-0.1, -0.05) is 6.92 Å². The van der Waals surface area contributed by atoms with Crippen LogP contribution < -0.4 is 0 Å². The van der Waals surface area contributed by atoms with E-state index >= 15 is 0 Å². The molecule has 0 atom stereocenters. The lowest BCUT2D eigenvalue weighted by Gasteiger charge is -2.14. The van der Waals surface area contributed by atoms with Crippen molar-refractivity contribution in [3.05, 3.63) is 17.5 Å². The minimum Gasteiger partial charge on any atom is -0.332 e. The molecule has 0 spiro atoms. The Kier molecular flexibility index (Phi) is 1.83. The first-order valence-corrected chi connectivity index (χ1v) is 4.50. The van der Waals surface area contributed by atoms with E-state index in [1.807, 2.05) is 29.7 Å². The third kappa shape index (κ3) is 1.22. The first-order valence-electron chi connectivity index (χ1n) is 4.50. The Labute approximate surface area is 77.1 Å². The van der Waals surface area contributed by atoms with Gasteiger partial charge in [-0.15, -0.1) is 0 Å². The van der Waals surface area contributed by atoms with Gasteiger partial charge in [-0.05, 0) is 0 Å². The minimum absolute atomic E-state index is 0.219. The molecule has 0 radical (unpaired) electrons. The van der Waals surface area contributed by atoms with Gasteiger partial charge in [-0.2, -0.15) is 5.10 Å². The maximum atomic E-state index is 11.4. The van der Waals surface area contributed by atoms with Crippen LogP contribution in [-0.2, 0) is 24.9 Å². The lowest BCUT2D eigenvalue weighted by atomic mass is 10.3. The van der Waals surface area contributed by atoms with E-state index in [1.54, 1.807) is 0 Å². The number of aromatic nitrogens is 2. The van der Waals surface area contributed by atoms with E-state index in [-0.39, 0.29) is 5.91 Å². The van der Waals surface area contributed by atoms with Gasteiger partial charge in [0.05, 0.1) is 18.4 Å². The third-order valence-electron chi connectivity index (χ3n) is 2.51. The standard InChI is InChI=1S/C9H13N3O/c1-3-9(13)12-5-7-4-10-11(2)8(7)6-12/h4H,3,5-6H2,1-2H3. The van der Waals surface area contributed by atoms with E-state index in [0.717, 1.165) is 13.1 Å². The first kappa shape index (κ1) is 8.29. The topological polar surface area (TPSA) is 38.1 Å². The van der Waals surface area contributed by atoms with Gasteiger partial charge in [0.2, 0.25) is 5.91 Å². The van der Waals surface area contributed by atoms with Crippen LogP contribution in [0, 0.1) is 0 Å². The van der Waals surface area contributed by atoms with Gasteiger partial charge in [0.25, 0.3) is 0 Å². The predicted molar refractivity (Wildman–Crippen MR) is 47.8 cm³/mol. The largest absolute Gasteiger partial charge is 0.332 e. The summed E-state index contributed by atoms with van der Waals surface area (Å²) in [6.07, 6.45) is 2.43. The molecule has 1 aromatic heterocycles. The summed E-state index contributed by atoms with van der Waals surface area (Å²) in [5.41, 5.74) is 2.35. The Bertz CT molecular complexity index is 343. The zero-order valence-electron chi connectivity index (χ0n) is 7.95. The Morgan fingerprint density at radius 3 is 3.00 bits per heavy atom. The fraction of sp³-hybridized carbons (Fsp3) is 0.556. The summed E-state index contributed by atoms with van der Waals surface area (Å²) in [7, 11) is 1.92. The second kappa shape index (κ2) is 2.87. The highest BCUT2D eigenvalue weighted by Gasteiger charge is 2.24. The van der Waals surface area contributed by atoms with Crippen LogP contribution in [0.3, 0.4) is 0 Å². The smallest absolute Gasteiger partial charge is 0.222 e. The lowest BCUT2D eigenvalue weighted by Crippen LogP contribution is -2.24. The highest BCUT2D eigenvalue weighted by molar-refractivity contribution is 5.76. The first-order chi connectivity index (χ1) is 6.22. The van der Waals surface area contributed by atoms with Gasteiger partial charge in [-0.25, -0.2) is 0 Å². The Hall–Kier alpha value is -1.32. The van der Waals surface area contributed by atoms with E-state index in [2.05, 4.69) is 5.10 Å². The van der Waals surface area contributed by atoms with Gasteiger partial charge in [0, 0.05) is 25.6 Å². The Balaban J connectivity index is 2.18. The molecule has 0 aliphatic carbocycles. The lowest BCUT2D eigenvalue weighted by molar-refractivity contribution is -0.131. The molecule has 0 unspecified atom stereocenters. The maximum absolute atomic E-state index is 11.4. The maximum Gasteiger partial charge on any atom is 0.222 e. The normalized spacial score (nSPS) is 14.8. The van der Waals surface area contributed by atoms with Crippen LogP contribution in [0.2, 0.25) is 0 Å².